The number of Topliss-reactive ketones (excluding diaryl/α,β-unsaturated/α-hetero) is 1. The second-order valence-electron chi connectivity index (χ2n) is 6.62. The van der Waals surface area contributed by atoms with Gasteiger partial charge in [-0.15, -0.1) is 0 Å². The number of methoxy groups -OCH3 is 1. The van der Waals surface area contributed by atoms with Gasteiger partial charge in [0.25, 0.3) is 0 Å². The number of nitriles is 1. The summed E-state index contributed by atoms with van der Waals surface area (Å²) in [4.78, 5) is 16.2. The van der Waals surface area contributed by atoms with Crippen LogP contribution in [0, 0.1) is 11.3 Å². The van der Waals surface area contributed by atoms with Crippen molar-refractivity contribution in [1.82, 2.24) is 4.90 Å². The molecule has 0 unspecified atom stereocenters. The van der Waals surface area contributed by atoms with Crippen molar-refractivity contribution in [2.24, 2.45) is 0 Å². The van der Waals surface area contributed by atoms with Gasteiger partial charge in [-0.05, 0) is 43.3 Å². The van der Waals surface area contributed by atoms with Gasteiger partial charge < -0.3 is 9.64 Å². The van der Waals surface area contributed by atoms with Gasteiger partial charge in [-0.3, -0.25) is 9.69 Å². The van der Waals surface area contributed by atoms with E-state index in [2.05, 4.69) is 15.9 Å². The minimum atomic E-state index is 0.00688. The highest BCUT2D eigenvalue weighted by molar-refractivity contribution is 6.30. The van der Waals surface area contributed by atoms with Crippen LogP contribution < -0.4 is 9.64 Å². The van der Waals surface area contributed by atoms with Crippen molar-refractivity contribution in [2.75, 3.05) is 38.2 Å². The molecule has 2 aromatic rings. The van der Waals surface area contributed by atoms with E-state index in [-0.39, 0.29) is 5.78 Å². The average molecular weight is 384 g/mol. The lowest BCUT2D eigenvalue weighted by Gasteiger charge is -2.36. The maximum atomic E-state index is 11.7. The van der Waals surface area contributed by atoms with Crippen LogP contribution in [0.1, 0.15) is 28.4 Å². The molecule has 6 heteroatoms. The zero-order valence-electron chi connectivity index (χ0n) is 15.5. The summed E-state index contributed by atoms with van der Waals surface area (Å²) in [5.41, 5.74) is 3.14. The number of hydrogen-bond donors (Lipinski definition) is 0. The zero-order chi connectivity index (χ0) is 19.4. The van der Waals surface area contributed by atoms with E-state index in [1.54, 1.807) is 26.2 Å². The molecule has 0 bridgehead atoms. The van der Waals surface area contributed by atoms with E-state index in [4.69, 9.17) is 16.3 Å². The maximum absolute atomic E-state index is 11.7. The summed E-state index contributed by atoms with van der Waals surface area (Å²) < 4.78 is 5.43. The Morgan fingerprint density at radius 3 is 2.56 bits per heavy atom. The fraction of sp³-hybridized carbons (Fsp3) is 0.333. The van der Waals surface area contributed by atoms with E-state index < -0.39 is 0 Å². The number of halogens is 1. The smallest absolute Gasteiger partial charge is 0.159 e. The highest BCUT2D eigenvalue weighted by Gasteiger charge is 2.21. The third-order valence-electron chi connectivity index (χ3n) is 4.87. The van der Waals surface area contributed by atoms with Crippen molar-refractivity contribution in [1.29, 1.82) is 5.26 Å². The van der Waals surface area contributed by atoms with Gasteiger partial charge in [0.15, 0.2) is 5.78 Å². The first kappa shape index (κ1) is 19.2. The number of benzene rings is 2. The zero-order valence-corrected chi connectivity index (χ0v) is 16.3. The Morgan fingerprint density at radius 1 is 1.19 bits per heavy atom. The SMILES string of the molecule is COc1ccc(Cl)cc1CN1CCN(c2cc(C(C)=O)ccc2C#N)CC1. The van der Waals surface area contributed by atoms with E-state index in [9.17, 15) is 10.1 Å². The molecule has 140 valence electrons. The summed E-state index contributed by atoms with van der Waals surface area (Å²) in [6, 6.07) is 13.2. The van der Waals surface area contributed by atoms with E-state index in [0.717, 1.165) is 49.7 Å². The van der Waals surface area contributed by atoms with Crippen LogP contribution in [0.25, 0.3) is 0 Å². The minimum Gasteiger partial charge on any atom is -0.496 e. The van der Waals surface area contributed by atoms with Crippen molar-refractivity contribution in [3.8, 4) is 11.8 Å². The van der Waals surface area contributed by atoms with Gasteiger partial charge in [-0.25, -0.2) is 0 Å². The fourth-order valence-electron chi connectivity index (χ4n) is 3.37. The second kappa shape index (κ2) is 8.43. The molecule has 0 spiro atoms. The van der Waals surface area contributed by atoms with Gasteiger partial charge in [0.2, 0.25) is 0 Å². The van der Waals surface area contributed by atoms with Crippen molar-refractivity contribution >= 4 is 23.1 Å². The van der Waals surface area contributed by atoms with Gasteiger partial charge in [-0.2, -0.15) is 5.26 Å². The number of nitrogens with zero attached hydrogens (tertiary/aromatic N) is 3. The summed E-state index contributed by atoms with van der Waals surface area (Å²) in [6.07, 6.45) is 0. The largest absolute Gasteiger partial charge is 0.496 e. The molecular weight excluding hydrogens is 362 g/mol. The molecule has 0 amide bonds. The molecular formula is C21H22ClN3O2. The standard InChI is InChI=1S/C21H22ClN3O2/c1-15(26)16-3-4-17(13-23)20(12-16)25-9-7-24(8-10-25)14-18-11-19(22)5-6-21(18)27-2/h3-6,11-12H,7-10,14H2,1-2H3. The van der Waals surface area contributed by atoms with Crippen LogP contribution in [0.3, 0.4) is 0 Å². The lowest BCUT2D eigenvalue weighted by molar-refractivity contribution is 0.101. The molecule has 2 aromatic carbocycles. The molecule has 0 N–H and O–H groups in total. The average Bonchev–Trinajstić information content (AvgIpc) is 2.68. The highest BCUT2D eigenvalue weighted by Crippen LogP contribution is 2.27. The third-order valence-corrected chi connectivity index (χ3v) is 5.11. The molecule has 1 aliphatic rings. The first-order valence-electron chi connectivity index (χ1n) is 8.86. The number of rotatable bonds is 5. The molecule has 0 radical (unpaired) electrons. The van der Waals surface area contributed by atoms with Crippen LogP contribution in [0.4, 0.5) is 5.69 Å². The number of piperazine rings is 1. The Kier molecular flexibility index (Phi) is 6.00. The van der Waals surface area contributed by atoms with Crippen LogP contribution in [-0.2, 0) is 6.54 Å². The van der Waals surface area contributed by atoms with E-state index in [1.807, 2.05) is 24.3 Å². The van der Waals surface area contributed by atoms with Crippen LogP contribution >= 0.6 is 11.6 Å². The van der Waals surface area contributed by atoms with Gasteiger partial charge in [0, 0.05) is 48.9 Å². The number of hydrogen-bond acceptors (Lipinski definition) is 5. The summed E-state index contributed by atoms with van der Waals surface area (Å²) in [5, 5.41) is 10.1. The lowest BCUT2D eigenvalue weighted by Crippen LogP contribution is -2.46. The van der Waals surface area contributed by atoms with Gasteiger partial charge >= 0.3 is 0 Å². The van der Waals surface area contributed by atoms with Crippen molar-refractivity contribution in [3.05, 3.63) is 58.1 Å². The molecule has 27 heavy (non-hydrogen) atoms. The van der Waals surface area contributed by atoms with Crippen molar-refractivity contribution < 1.29 is 9.53 Å². The molecule has 5 nitrogen and oxygen atoms in total. The monoisotopic (exact) mass is 383 g/mol. The summed E-state index contributed by atoms with van der Waals surface area (Å²) in [7, 11) is 1.66. The van der Waals surface area contributed by atoms with Gasteiger partial charge in [-0.1, -0.05) is 11.6 Å². The Balaban J connectivity index is 1.71. The van der Waals surface area contributed by atoms with Gasteiger partial charge in [0.1, 0.15) is 11.8 Å². The van der Waals surface area contributed by atoms with Crippen LogP contribution in [0.15, 0.2) is 36.4 Å². The maximum Gasteiger partial charge on any atom is 0.159 e. The van der Waals surface area contributed by atoms with Crippen molar-refractivity contribution in [2.45, 2.75) is 13.5 Å². The topological polar surface area (TPSA) is 56.6 Å². The van der Waals surface area contributed by atoms with E-state index in [1.165, 1.54) is 0 Å². The molecule has 0 atom stereocenters. The number of ketones is 1. The third kappa shape index (κ3) is 4.41. The first-order valence-corrected chi connectivity index (χ1v) is 9.24. The second-order valence-corrected chi connectivity index (χ2v) is 7.06. The quantitative estimate of drug-likeness (QED) is 0.736. The van der Waals surface area contributed by atoms with Crippen LogP contribution in [0.2, 0.25) is 5.02 Å². The molecule has 0 saturated carbocycles. The van der Waals surface area contributed by atoms with E-state index >= 15 is 0 Å². The molecule has 1 fully saturated rings. The lowest BCUT2D eigenvalue weighted by atomic mass is 10.1. The van der Waals surface area contributed by atoms with Crippen LogP contribution in [-0.4, -0.2) is 44.0 Å². The summed E-state index contributed by atoms with van der Waals surface area (Å²) >= 11 is 6.13. The molecule has 1 aliphatic heterocycles. The van der Waals surface area contributed by atoms with Crippen molar-refractivity contribution in [3.63, 3.8) is 0 Å². The summed E-state index contributed by atoms with van der Waals surface area (Å²) in [6.45, 7) is 5.59. The molecule has 0 aromatic heterocycles. The molecule has 1 heterocycles. The molecule has 0 aliphatic carbocycles. The number of ether oxygens (including phenoxy) is 1. The number of carbonyl (C=O) groups excluding carboxylic acids is 1. The Hall–Kier alpha value is -2.55. The van der Waals surface area contributed by atoms with E-state index in [0.29, 0.717) is 16.1 Å². The van der Waals surface area contributed by atoms with Gasteiger partial charge in [0.05, 0.1) is 18.4 Å². The Labute approximate surface area is 164 Å². The predicted octanol–water partition coefficient (Wildman–Crippen LogP) is 3.75. The predicted molar refractivity (Wildman–Crippen MR) is 107 cm³/mol. The Bertz CT molecular complexity index is 883. The highest BCUT2D eigenvalue weighted by atomic mass is 35.5. The first-order chi connectivity index (χ1) is 13.0. The summed E-state index contributed by atoms with van der Waals surface area (Å²) in [5.74, 6) is 0.843. The minimum absolute atomic E-state index is 0.00688. The number of anilines is 1. The molecule has 3 rings (SSSR count). The fourth-order valence-corrected chi connectivity index (χ4v) is 3.56. The Morgan fingerprint density at radius 2 is 1.93 bits per heavy atom. The normalized spacial score (nSPS) is 14.7. The molecule has 1 saturated heterocycles. The number of carbonyl (C=O) groups is 1. The van der Waals surface area contributed by atoms with Crippen LogP contribution in [0.5, 0.6) is 5.75 Å².